The molecule has 1 unspecified atom stereocenters. The molecule has 4 heteroatoms. The highest BCUT2D eigenvalue weighted by atomic mass is 16.5. The first kappa shape index (κ1) is 13.5. The maximum Gasteiger partial charge on any atom is 0.246 e. The molecule has 4 nitrogen and oxygen atoms in total. The van der Waals surface area contributed by atoms with Gasteiger partial charge < -0.3 is 15.4 Å². The summed E-state index contributed by atoms with van der Waals surface area (Å²) in [7, 11) is 0. The number of amides is 1. The predicted octanol–water partition coefficient (Wildman–Crippen LogP) is 0.916. The molecule has 1 aliphatic rings. The summed E-state index contributed by atoms with van der Waals surface area (Å²) in [5.41, 5.74) is 0. The first-order valence-corrected chi connectivity index (χ1v) is 6.21. The second-order valence-corrected chi connectivity index (χ2v) is 4.80. The van der Waals surface area contributed by atoms with Crippen molar-refractivity contribution in [2.24, 2.45) is 5.92 Å². The monoisotopic (exact) mass is 228 g/mol. The van der Waals surface area contributed by atoms with Crippen molar-refractivity contribution in [2.45, 2.75) is 45.8 Å². The van der Waals surface area contributed by atoms with E-state index in [2.05, 4.69) is 17.6 Å². The average molecular weight is 228 g/mol. The van der Waals surface area contributed by atoms with E-state index in [0.717, 1.165) is 25.9 Å². The van der Waals surface area contributed by atoms with Gasteiger partial charge in [-0.25, -0.2) is 0 Å². The highest BCUT2D eigenvalue weighted by Gasteiger charge is 2.21. The third-order valence-electron chi connectivity index (χ3n) is 3.03. The second-order valence-electron chi connectivity index (χ2n) is 4.80. The van der Waals surface area contributed by atoms with Gasteiger partial charge in [-0.2, -0.15) is 0 Å². The number of ether oxygens (including phenoxy) is 1. The number of piperidine rings is 1. The summed E-state index contributed by atoms with van der Waals surface area (Å²) >= 11 is 0. The van der Waals surface area contributed by atoms with E-state index >= 15 is 0 Å². The molecule has 0 aromatic heterocycles. The van der Waals surface area contributed by atoms with E-state index in [-0.39, 0.29) is 24.7 Å². The Bertz CT molecular complexity index is 213. The van der Waals surface area contributed by atoms with Crippen molar-refractivity contribution in [1.82, 2.24) is 10.6 Å². The largest absolute Gasteiger partial charge is 0.369 e. The molecule has 0 aromatic rings. The first-order chi connectivity index (χ1) is 7.59. The van der Waals surface area contributed by atoms with E-state index in [0.29, 0.717) is 5.92 Å². The molecule has 0 aliphatic carbocycles. The Kier molecular flexibility index (Phi) is 5.77. The van der Waals surface area contributed by atoms with Crippen LogP contribution < -0.4 is 10.6 Å². The maximum absolute atomic E-state index is 11.5. The zero-order chi connectivity index (χ0) is 12.0. The number of hydrogen-bond acceptors (Lipinski definition) is 3. The molecule has 1 saturated heterocycles. The molecule has 1 amide bonds. The molecular weight excluding hydrogens is 204 g/mol. The summed E-state index contributed by atoms with van der Waals surface area (Å²) in [5.74, 6) is 0.601. The van der Waals surface area contributed by atoms with E-state index in [9.17, 15) is 4.79 Å². The molecule has 2 N–H and O–H groups in total. The fourth-order valence-corrected chi connectivity index (χ4v) is 2.00. The Morgan fingerprint density at radius 3 is 2.56 bits per heavy atom. The Balaban J connectivity index is 2.21. The zero-order valence-electron chi connectivity index (χ0n) is 10.6. The Hall–Kier alpha value is -0.610. The summed E-state index contributed by atoms with van der Waals surface area (Å²) < 4.78 is 5.27. The maximum atomic E-state index is 11.5. The lowest BCUT2D eigenvalue weighted by molar-refractivity contribution is -0.128. The van der Waals surface area contributed by atoms with Crippen molar-refractivity contribution < 1.29 is 9.53 Å². The van der Waals surface area contributed by atoms with Gasteiger partial charge in [-0.1, -0.05) is 0 Å². The van der Waals surface area contributed by atoms with Gasteiger partial charge in [0.1, 0.15) is 6.61 Å². The standard InChI is InChI=1S/C12H24N2O2/c1-9(2)16-8-12(15)14-10(3)11-4-6-13-7-5-11/h9-11,13H,4-8H2,1-3H3,(H,14,15). The van der Waals surface area contributed by atoms with Gasteiger partial charge in [0.2, 0.25) is 5.91 Å². The van der Waals surface area contributed by atoms with Gasteiger partial charge in [0.05, 0.1) is 6.10 Å². The minimum atomic E-state index is -0.000248. The molecule has 0 radical (unpaired) electrons. The second kappa shape index (κ2) is 6.86. The smallest absolute Gasteiger partial charge is 0.246 e. The van der Waals surface area contributed by atoms with E-state index in [4.69, 9.17) is 4.74 Å². The van der Waals surface area contributed by atoms with Crippen LogP contribution in [0.25, 0.3) is 0 Å². The van der Waals surface area contributed by atoms with Crippen molar-refractivity contribution in [3.8, 4) is 0 Å². The molecule has 1 fully saturated rings. The van der Waals surface area contributed by atoms with Gasteiger partial charge in [0.25, 0.3) is 0 Å². The van der Waals surface area contributed by atoms with E-state index < -0.39 is 0 Å². The fourth-order valence-electron chi connectivity index (χ4n) is 2.00. The van der Waals surface area contributed by atoms with Crippen molar-refractivity contribution >= 4 is 5.91 Å². The number of nitrogens with one attached hydrogen (secondary N) is 2. The lowest BCUT2D eigenvalue weighted by Gasteiger charge is -2.28. The summed E-state index contributed by atoms with van der Waals surface area (Å²) in [6, 6.07) is 0.255. The van der Waals surface area contributed by atoms with Gasteiger partial charge in [-0.3, -0.25) is 4.79 Å². The van der Waals surface area contributed by atoms with Gasteiger partial charge in [-0.05, 0) is 52.6 Å². The quantitative estimate of drug-likeness (QED) is 0.735. The fraction of sp³-hybridized carbons (Fsp3) is 0.917. The number of carbonyl (C=O) groups is 1. The van der Waals surface area contributed by atoms with Crippen LogP contribution in [0.5, 0.6) is 0 Å². The molecule has 16 heavy (non-hydrogen) atoms. The van der Waals surface area contributed by atoms with Crippen LogP contribution in [0.4, 0.5) is 0 Å². The summed E-state index contributed by atoms with van der Waals surface area (Å²) in [5, 5.41) is 6.34. The third kappa shape index (κ3) is 4.94. The molecule has 94 valence electrons. The van der Waals surface area contributed by atoms with Crippen LogP contribution in [-0.2, 0) is 9.53 Å². The van der Waals surface area contributed by atoms with Crippen molar-refractivity contribution in [1.29, 1.82) is 0 Å². The molecule has 0 saturated carbocycles. The van der Waals surface area contributed by atoms with E-state index in [1.807, 2.05) is 13.8 Å². The molecule has 1 aliphatic heterocycles. The van der Waals surface area contributed by atoms with Crippen LogP contribution in [-0.4, -0.2) is 37.7 Å². The molecule has 0 bridgehead atoms. The third-order valence-corrected chi connectivity index (χ3v) is 3.03. The predicted molar refractivity (Wildman–Crippen MR) is 64.3 cm³/mol. The average Bonchev–Trinajstić information content (AvgIpc) is 2.27. The minimum Gasteiger partial charge on any atom is -0.369 e. The summed E-state index contributed by atoms with van der Waals surface area (Å²) in [6.45, 7) is 8.25. The summed E-state index contributed by atoms with van der Waals surface area (Å²) in [4.78, 5) is 11.5. The number of carbonyl (C=O) groups excluding carboxylic acids is 1. The van der Waals surface area contributed by atoms with Crippen molar-refractivity contribution in [3.63, 3.8) is 0 Å². The first-order valence-electron chi connectivity index (χ1n) is 6.21. The SMILES string of the molecule is CC(C)OCC(=O)NC(C)C1CCNCC1. The van der Waals surface area contributed by atoms with Crippen LogP contribution in [0.2, 0.25) is 0 Å². The number of rotatable bonds is 5. The normalized spacial score (nSPS) is 19.8. The van der Waals surface area contributed by atoms with Gasteiger partial charge in [-0.15, -0.1) is 0 Å². The van der Waals surface area contributed by atoms with Crippen LogP contribution in [0.1, 0.15) is 33.6 Å². The van der Waals surface area contributed by atoms with Gasteiger partial charge in [0.15, 0.2) is 0 Å². The molecule has 1 atom stereocenters. The van der Waals surface area contributed by atoms with Crippen LogP contribution in [0, 0.1) is 5.92 Å². The molecule has 1 heterocycles. The zero-order valence-corrected chi connectivity index (χ0v) is 10.6. The van der Waals surface area contributed by atoms with E-state index in [1.165, 1.54) is 0 Å². The number of hydrogen-bond donors (Lipinski definition) is 2. The van der Waals surface area contributed by atoms with Gasteiger partial charge >= 0.3 is 0 Å². The van der Waals surface area contributed by atoms with Crippen molar-refractivity contribution in [3.05, 3.63) is 0 Å². The van der Waals surface area contributed by atoms with E-state index in [1.54, 1.807) is 0 Å². The highest BCUT2D eigenvalue weighted by Crippen LogP contribution is 2.15. The van der Waals surface area contributed by atoms with Gasteiger partial charge in [0, 0.05) is 6.04 Å². The summed E-state index contributed by atoms with van der Waals surface area (Å²) in [6.07, 6.45) is 2.40. The highest BCUT2D eigenvalue weighted by molar-refractivity contribution is 5.77. The molecule has 0 aromatic carbocycles. The lowest BCUT2D eigenvalue weighted by Crippen LogP contribution is -2.44. The Morgan fingerprint density at radius 1 is 1.38 bits per heavy atom. The molecular formula is C12H24N2O2. The van der Waals surface area contributed by atoms with Crippen molar-refractivity contribution in [2.75, 3.05) is 19.7 Å². The topological polar surface area (TPSA) is 50.4 Å². The van der Waals surface area contributed by atoms with Crippen LogP contribution in [0.15, 0.2) is 0 Å². The molecule has 1 rings (SSSR count). The Morgan fingerprint density at radius 2 is 2.00 bits per heavy atom. The Labute approximate surface area is 98.1 Å². The van der Waals surface area contributed by atoms with Crippen LogP contribution in [0.3, 0.4) is 0 Å². The minimum absolute atomic E-state index is 0.000248. The molecule has 0 spiro atoms. The lowest BCUT2D eigenvalue weighted by atomic mass is 9.91. The van der Waals surface area contributed by atoms with Crippen LogP contribution >= 0.6 is 0 Å².